The molecule has 0 aromatic heterocycles. The number of nitrogens with one attached hydrogen (secondary N) is 1. The fourth-order valence-electron chi connectivity index (χ4n) is 3.65. The number of rotatable bonds is 7. The summed E-state index contributed by atoms with van der Waals surface area (Å²) in [5.41, 5.74) is 3.09. The van der Waals surface area contributed by atoms with Gasteiger partial charge in [-0.05, 0) is 63.1 Å². The lowest BCUT2D eigenvalue weighted by atomic mass is 9.73. The zero-order valence-corrected chi connectivity index (χ0v) is 12.8. The predicted molar refractivity (Wildman–Crippen MR) is 79.2 cm³/mol. The van der Waals surface area contributed by atoms with E-state index in [-0.39, 0.29) is 0 Å². The van der Waals surface area contributed by atoms with Gasteiger partial charge in [-0.3, -0.25) is 11.3 Å². The maximum absolute atomic E-state index is 5.80. The molecule has 3 atom stereocenters. The summed E-state index contributed by atoms with van der Waals surface area (Å²) < 4.78 is 0. The Morgan fingerprint density at radius 2 is 1.67 bits per heavy atom. The normalized spacial score (nSPS) is 30.7. The smallest absolute Gasteiger partial charge is 0.0251 e. The van der Waals surface area contributed by atoms with Crippen molar-refractivity contribution in [2.75, 3.05) is 19.6 Å². The molecule has 108 valence electrons. The SMILES string of the molecule is CCN(CC)CCC(NN)C1CC(C)CC(C)C1. The molecule has 0 aromatic carbocycles. The van der Waals surface area contributed by atoms with E-state index in [2.05, 4.69) is 38.0 Å². The van der Waals surface area contributed by atoms with Crippen LogP contribution >= 0.6 is 0 Å². The summed E-state index contributed by atoms with van der Waals surface area (Å²) in [4.78, 5) is 2.49. The van der Waals surface area contributed by atoms with Crippen molar-refractivity contribution in [2.45, 2.75) is 59.4 Å². The van der Waals surface area contributed by atoms with Gasteiger partial charge in [0.05, 0.1) is 0 Å². The Kier molecular flexibility index (Phi) is 7.20. The number of hydrogen-bond donors (Lipinski definition) is 2. The van der Waals surface area contributed by atoms with Crippen molar-refractivity contribution in [1.29, 1.82) is 0 Å². The third kappa shape index (κ3) is 4.87. The Hall–Kier alpha value is -0.120. The first kappa shape index (κ1) is 15.9. The van der Waals surface area contributed by atoms with Crippen LogP contribution in [0.15, 0.2) is 0 Å². The van der Waals surface area contributed by atoms with Gasteiger partial charge in [-0.1, -0.05) is 27.7 Å². The highest BCUT2D eigenvalue weighted by Gasteiger charge is 2.29. The van der Waals surface area contributed by atoms with Crippen molar-refractivity contribution < 1.29 is 0 Å². The Labute approximate surface area is 113 Å². The van der Waals surface area contributed by atoms with Gasteiger partial charge in [-0.25, -0.2) is 0 Å². The largest absolute Gasteiger partial charge is 0.304 e. The maximum Gasteiger partial charge on any atom is 0.0251 e. The highest BCUT2D eigenvalue weighted by Crippen LogP contribution is 2.35. The Balaban J connectivity index is 2.44. The molecule has 3 nitrogen and oxygen atoms in total. The minimum Gasteiger partial charge on any atom is -0.304 e. The van der Waals surface area contributed by atoms with E-state index in [0.29, 0.717) is 6.04 Å². The van der Waals surface area contributed by atoms with Crippen LogP contribution in [0.2, 0.25) is 0 Å². The summed E-state index contributed by atoms with van der Waals surface area (Å²) >= 11 is 0. The van der Waals surface area contributed by atoms with Gasteiger partial charge >= 0.3 is 0 Å². The highest BCUT2D eigenvalue weighted by molar-refractivity contribution is 4.83. The van der Waals surface area contributed by atoms with Gasteiger partial charge in [0, 0.05) is 6.04 Å². The van der Waals surface area contributed by atoms with Crippen LogP contribution in [0.3, 0.4) is 0 Å². The molecule has 1 aliphatic carbocycles. The second kappa shape index (κ2) is 8.13. The molecule has 0 radical (unpaired) electrons. The molecule has 0 saturated heterocycles. The molecule has 0 amide bonds. The number of hydrazine groups is 1. The summed E-state index contributed by atoms with van der Waals surface area (Å²) in [6, 6.07) is 0.496. The van der Waals surface area contributed by atoms with Gasteiger partial charge in [0.1, 0.15) is 0 Å². The van der Waals surface area contributed by atoms with E-state index in [4.69, 9.17) is 5.84 Å². The summed E-state index contributed by atoms with van der Waals surface area (Å²) in [6.07, 6.45) is 5.26. The fraction of sp³-hybridized carbons (Fsp3) is 1.00. The number of hydrogen-bond acceptors (Lipinski definition) is 3. The molecule has 3 heteroatoms. The molecule has 0 aromatic rings. The molecule has 0 aliphatic heterocycles. The quantitative estimate of drug-likeness (QED) is 0.543. The standard InChI is InChI=1S/C15H33N3/c1-5-18(6-2)8-7-15(17-16)14-10-12(3)9-13(4)11-14/h12-15,17H,5-11,16H2,1-4H3. The Morgan fingerprint density at radius 1 is 1.11 bits per heavy atom. The van der Waals surface area contributed by atoms with Crippen LogP contribution in [0.25, 0.3) is 0 Å². The summed E-state index contributed by atoms with van der Waals surface area (Å²) in [5, 5.41) is 0. The van der Waals surface area contributed by atoms with Crippen molar-refractivity contribution in [3.8, 4) is 0 Å². The Bertz CT molecular complexity index is 206. The van der Waals surface area contributed by atoms with E-state index in [1.807, 2.05) is 0 Å². The first-order valence-electron chi connectivity index (χ1n) is 7.79. The fourth-order valence-corrected chi connectivity index (χ4v) is 3.65. The van der Waals surface area contributed by atoms with Gasteiger partial charge in [0.2, 0.25) is 0 Å². The van der Waals surface area contributed by atoms with Gasteiger partial charge in [-0.15, -0.1) is 0 Å². The molecule has 3 N–H and O–H groups in total. The lowest BCUT2D eigenvalue weighted by Gasteiger charge is -2.37. The average Bonchev–Trinajstić information content (AvgIpc) is 2.33. The first-order chi connectivity index (χ1) is 8.60. The molecular weight excluding hydrogens is 222 g/mol. The number of nitrogens with two attached hydrogens (primary N) is 1. The molecule has 1 fully saturated rings. The molecule has 1 aliphatic rings. The van der Waals surface area contributed by atoms with Crippen LogP contribution in [0.1, 0.15) is 53.4 Å². The van der Waals surface area contributed by atoms with E-state index in [1.54, 1.807) is 0 Å². The zero-order valence-electron chi connectivity index (χ0n) is 12.8. The molecule has 0 heterocycles. The lowest BCUT2D eigenvalue weighted by Crippen LogP contribution is -2.45. The van der Waals surface area contributed by atoms with Crippen LogP contribution in [0, 0.1) is 17.8 Å². The first-order valence-corrected chi connectivity index (χ1v) is 7.79. The zero-order chi connectivity index (χ0) is 13.5. The molecular formula is C15H33N3. The van der Waals surface area contributed by atoms with Gasteiger partial charge in [0.25, 0.3) is 0 Å². The second-order valence-corrected chi connectivity index (χ2v) is 6.27. The molecule has 1 rings (SSSR count). The highest BCUT2D eigenvalue weighted by atomic mass is 15.2. The van der Waals surface area contributed by atoms with Crippen LogP contribution < -0.4 is 11.3 Å². The molecule has 3 unspecified atom stereocenters. The van der Waals surface area contributed by atoms with Crippen LogP contribution in [0.4, 0.5) is 0 Å². The summed E-state index contributed by atoms with van der Waals surface area (Å²) in [7, 11) is 0. The van der Waals surface area contributed by atoms with Gasteiger partial charge < -0.3 is 4.90 Å². The van der Waals surface area contributed by atoms with E-state index in [1.165, 1.54) is 32.2 Å². The average molecular weight is 255 g/mol. The van der Waals surface area contributed by atoms with E-state index in [9.17, 15) is 0 Å². The van der Waals surface area contributed by atoms with E-state index < -0.39 is 0 Å². The second-order valence-electron chi connectivity index (χ2n) is 6.27. The summed E-state index contributed by atoms with van der Waals surface area (Å²) in [6.45, 7) is 12.7. The van der Waals surface area contributed by atoms with Gasteiger partial charge in [-0.2, -0.15) is 0 Å². The summed E-state index contributed by atoms with van der Waals surface area (Å²) in [5.74, 6) is 8.29. The van der Waals surface area contributed by atoms with Gasteiger partial charge in [0.15, 0.2) is 0 Å². The lowest BCUT2D eigenvalue weighted by molar-refractivity contribution is 0.160. The van der Waals surface area contributed by atoms with E-state index in [0.717, 1.165) is 30.8 Å². The predicted octanol–water partition coefficient (Wildman–Crippen LogP) is 2.62. The monoisotopic (exact) mass is 255 g/mol. The van der Waals surface area contributed by atoms with Crippen LogP contribution in [-0.2, 0) is 0 Å². The maximum atomic E-state index is 5.80. The number of nitrogens with zero attached hydrogens (tertiary/aromatic N) is 1. The van der Waals surface area contributed by atoms with Crippen molar-refractivity contribution in [1.82, 2.24) is 10.3 Å². The van der Waals surface area contributed by atoms with Crippen LogP contribution in [0.5, 0.6) is 0 Å². The van der Waals surface area contributed by atoms with E-state index >= 15 is 0 Å². The topological polar surface area (TPSA) is 41.3 Å². The Morgan fingerprint density at radius 3 is 2.11 bits per heavy atom. The molecule has 0 bridgehead atoms. The minimum atomic E-state index is 0.496. The third-order valence-corrected chi connectivity index (χ3v) is 4.65. The van der Waals surface area contributed by atoms with Crippen molar-refractivity contribution in [3.63, 3.8) is 0 Å². The van der Waals surface area contributed by atoms with Crippen LogP contribution in [-0.4, -0.2) is 30.6 Å². The minimum absolute atomic E-state index is 0.496. The molecule has 1 saturated carbocycles. The van der Waals surface area contributed by atoms with Crippen molar-refractivity contribution >= 4 is 0 Å². The van der Waals surface area contributed by atoms with Crippen molar-refractivity contribution in [3.05, 3.63) is 0 Å². The van der Waals surface area contributed by atoms with Crippen molar-refractivity contribution in [2.24, 2.45) is 23.6 Å². The molecule has 0 spiro atoms. The third-order valence-electron chi connectivity index (χ3n) is 4.65. The molecule has 18 heavy (non-hydrogen) atoms.